The number of piperazine rings is 1. The first-order chi connectivity index (χ1) is 16.6. The highest BCUT2D eigenvalue weighted by molar-refractivity contribution is 8.00. The third kappa shape index (κ3) is 4.19. The van der Waals surface area contributed by atoms with Crippen LogP contribution < -0.4 is 14.5 Å². The van der Waals surface area contributed by atoms with Gasteiger partial charge in [0, 0.05) is 54.5 Å². The van der Waals surface area contributed by atoms with Crippen LogP contribution in [0.4, 0.5) is 23.1 Å². The maximum atomic E-state index is 5.40. The van der Waals surface area contributed by atoms with E-state index >= 15 is 0 Å². The molecule has 176 valence electrons. The molecule has 2 unspecified atom stereocenters. The lowest BCUT2D eigenvalue weighted by molar-refractivity contribution is 0.184. The van der Waals surface area contributed by atoms with Crippen LogP contribution in [0.1, 0.15) is 12.0 Å². The number of aryl methyl sites for hydroxylation is 1. The lowest BCUT2D eigenvalue weighted by Gasteiger charge is -2.34. The van der Waals surface area contributed by atoms with Gasteiger partial charge in [0.2, 0.25) is 5.95 Å². The van der Waals surface area contributed by atoms with Crippen molar-refractivity contribution in [3.8, 4) is 11.3 Å². The maximum Gasteiger partial charge on any atom is 0.227 e. The van der Waals surface area contributed by atoms with Crippen molar-refractivity contribution in [1.29, 1.82) is 0 Å². The number of benzene rings is 1. The number of pyridine rings is 1. The molecule has 5 heterocycles. The fourth-order valence-corrected chi connectivity index (χ4v) is 5.93. The van der Waals surface area contributed by atoms with Crippen LogP contribution >= 0.6 is 11.9 Å². The van der Waals surface area contributed by atoms with Crippen LogP contribution in [0.3, 0.4) is 0 Å². The molecule has 3 aromatic rings. The number of hydrogen-bond acceptors (Lipinski definition) is 9. The van der Waals surface area contributed by atoms with Crippen molar-refractivity contribution in [2.75, 3.05) is 53.7 Å². The summed E-state index contributed by atoms with van der Waals surface area (Å²) in [7, 11) is 2.24. The molecular weight excluding hydrogens is 446 g/mol. The summed E-state index contributed by atoms with van der Waals surface area (Å²) in [6, 6.07) is 13.9. The first-order valence-electron chi connectivity index (χ1n) is 11.8. The van der Waals surface area contributed by atoms with Crippen molar-refractivity contribution in [3.05, 3.63) is 54.4 Å². The van der Waals surface area contributed by atoms with Crippen LogP contribution in [0.2, 0.25) is 0 Å². The summed E-state index contributed by atoms with van der Waals surface area (Å²) < 4.78 is 7.56. The van der Waals surface area contributed by atoms with Gasteiger partial charge in [0.1, 0.15) is 11.8 Å². The zero-order valence-corrected chi connectivity index (χ0v) is 20.3. The van der Waals surface area contributed by atoms with E-state index in [2.05, 4.69) is 67.6 Å². The second-order valence-corrected chi connectivity index (χ2v) is 10.1. The Bertz CT molecular complexity index is 1170. The van der Waals surface area contributed by atoms with Crippen molar-refractivity contribution in [2.24, 2.45) is 0 Å². The molecule has 6 rings (SSSR count). The second kappa shape index (κ2) is 9.05. The number of anilines is 4. The van der Waals surface area contributed by atoms with E-state index in [0.717, 1.165) is 49.0 Å². The van der Waals surface area contributed by atoms with E-state index in [1.165, 1.54) is 17.7 Å². The van der Waals surface area contributed by atoms with E-state index < -0.39 is 0 Å². The highest BCUT2D eigenvalue weighted by Gasteiger charge is 2.41. The molecule has 8 nitrogen and oxygen atoms in total. The third-order valence-corrected chi connectivity index (χ3v) is 7.92. The number of likely N-dealkylation sites (N-methyl/N-ethyl adjacent to an activating group) is 1. The van der Waals surface area contributed by atoms with Gasteiger partial charge >= 0.3 is 0 Å². The minimum absolute atomic E-state index is 0.583. The molecule has 0 radical (unpaired) electrons. The van der Waals surface area contributed by atoms with Gasteiger partial charge in [-0.2, -0.15) is 0 Å². The van der Waals surface area contributed by atoms with Gasteiger partial charge in [-0.15, -0.1) is 0 Å². The Kier molecular flexibility index (Phi) is 5.76. The lowest BCUT2D eigenvalue weighted by atomic mass is 10.1. The molecule has 3 aliphatic heterocycles. The Morgan fingerprint density at radius 2 is 2.03 bits per heavy atom. The van der Waals surface area contributed by atoms with Crippen LogP contribution in [0.5, 0.6) is 0 Å². The van der Waals surface area contributed by atoms with E-state index in [4.69, 9.17) is 9.72 Å². The van der Waals surface area contributed by atoms with Crippen molar-refractivity contribution in [1.82, 2.24) is 19.9 Å². The van der Waals surface area contributed by atoms with Crippen LogP contribution in [0.15, 0.2) is 48.8 Å². The Hall–Kier alpha value is -2.88. The molecule has 34 heavy (non-hydrogen) atoms. The summed E-state index contributed by atoms with van der Waals surface area (Å²) in [5.74, 6) is 2.19. The predicted molar refractivity (Wildman–Crippen MR) is 138 cm³/mol. The molecule has 0 saturated carbocycles. The molecule has 1 N–H and O–H groups in total. The number of fused-ring (bicyclic) bond motifs is 2. The molecular formula is C25H29N7OS. The molecule has 2 atom stereocenters. The molecule has 2 aromatic heterocycles. The largest absolute Gasteiger partial charge is 0.367 e. The van der Waals surface area contributed by atoms with Crippen molar-refractivity contribution >= 4 is 35.1 Å². The van der Waals surface area contributed by atoms with Crippen LogP contribution in [-0.4, -0.2) is 71.2 Å². The van der Waals surface area contributed by atoms with Crippen molar-refractivity contribution in [3.63, 3.8) is 0 Å². The highest BCUT2D eigenvalue weighted by atomic mass is 32.2. The SMILES string of the molecule is Cc1cc(Nc2nccc(-c3ccc(N4CCOCS4)nc3)n2)ccc1N1CC2CC1CN2C. The molecule has 3 saturated heterocycles. The Morgan fingerprint density at radius 3 is 2.74 bits per heavy atom. The normalized spacial score (nSPS) is 22.4. The van der Waals surface area contributed by atoms with Gasteiger partial charge in [0.05, 0.1) is 18.8 Å². The smallest absolute Gasteiger partial charge is 0.227 e. The molecule has 9 heteroatoms. The Balaban J connectivity index is 1.16. The molecule has 0 aliphatic carbocycles. The van der Waals surface area contributed by atoms with Crippen molar-refractivity contribution in [2.45, 2.75) is 25.4 Å². The van der Waals surface area contributed by atoms with Gasteiger partial charge in [-0.3, -0.25) is 9.21 Å². The monoisotopic (exact) mass is 475 g/mol. The first kappa shape index (κ1) is 21.6. The Morgan fingerprint density at radius 1 is 1.09 bits per heavy atom. The van der Waals surface area contributed by atoms with Gasteiger partial charge in [0.25, 0.3) is 0 Å². The average Bonchev–Trinajstić information content (AvgIpc) is 3.45. The number of aromatic nitrogens is 3. The van der Waals surface area contributed by atoms with Crippen LogP contribution in [-0.2, 0) is 4.74 Å². The van der Waals surface area contributed by atoms with E-state index in [1.807, 2.05) is 18.3 Å². The lowest BCUT2D eigenvalue weighted by Crippen LogP contribution is -2.44. The third-order valence-electron chi connectivity index (χ3n) is 6.96. The first-order valence-corrected chi connectivity index (χ1v) is 12.7. The number of hydrogen-bond donors (Lipinski definition) is 1. The molecule has 0 spiro atoms. The molecule has 2 bridgehead atoms. The summed E-state index contributed by atoms with van der Waals surface area (Å²) in [5, 5.41) is 3.38. The minimum Gasteiger partial charge on any atom is -0.367 e. The molecule has 0 amide bonds. The number of nitrogens with zero attached hydrogens (tertiary/aromatic N) is 6. The second-order valence-electron chi connectivity index (χ2n) is 9.19. The van der Waals surface area contributed by atoms with Gasteiger partial charge in [-0.25, -0.2) is 15.0 Å². The fraction of sp³-hybridized carbons (Fsp3) is 0.400. The Labute approximate surface area is 204 Å². The molecule has 3 fully saturated rings. The standard InChI is InChI=1S/C25H29N7OS/c1-17-11-19(4-5-23(17)31-15-20-12-21(31)14-30(20)2)28-25-26-8-7-22(29-25)18-3-6-24(27-13-18)32-9-10-33-16-34-32/h3-8,11,13,20-21H,9-10,12,14-16H2,1-2H3,(H,26,28,29). The highest BCUT2D eigenvalue weighted by Crippen LogP contribution is 2.36. The number of likely N-dealkylation sites (tertiary alicyclic amines) is 1. The summed E-state index contributed by atoms with van der Waals surface area (Å²) in [6.07, 6.45) is 4.93. The number of nitrogens with one attached hydrogen (secondary N) is 1. The van der Waals surface area contributed by atoms with Crippen molar-refractivity contribution < 1.29 is 4.74 Å². The molecule has 1 aromatic carbocycles. The average molecular weight is 476 g/mol. The number of rotatable bonds is 5. The minimum atomic E-state index is 0.583. The molecule has 3 aliphatic rings. The predicted octanol–water partition coefficient (Wildman–Crippen LogP) is 3.93. The van der Waals surface area contributed by atoms with Gasteiger partial charge in [-0.1, -0.05) is 0 Å². The van der Waals surface area contributed by atoms with Gasteiger partial charge < -0.3 is 15.0 Å². The topological polar surface area (TPSA) is 69.6 Å². The van der Waals surface area contributed by atoms with Gasteiger partial charge in [0.15, 0.2) is 0 Å². The van der Waals surface area contributed by atoms with E-state index in [9.17, 15) is 0 Å². The van der Waals surface area contributed by atoms with E-state index in [-0.39, 0.29) is 0 Å². The summed E-state index contributed by atoms with van der Waals surface area (Å²) in [4.78, 5) is 18.9. The van der Waals surface area contributed by atoms with Crippen LogP contribution in [0, 0.1) is 6.92 Å². The summed E-state index contributed by atoms with van der Waals surface area (Å²) in [6.45, 7) is 6.04. The van der Waals surface area contributed by atoms with E-state index in [0.29, 0.717) is 24.0 Å². The van der Waals surface area contributed by atoms with Gasteiger partial charge in [-0.05, 0) is 74.3 Å². The van der Waals surface area contributed by atoms with Crippen LogP contribution in [0.25, 0.3) is 11.3 Å². The fourth-order valence-electron chi connectivity index (χ4n) is 5.16. The maximum absolute atomic E-state index is 5.40. The van der Waals surface area contributed by atoms with E-state index in [1.54, 1.807) is 18.1 Å². The quantitative estimate of drug-likeness (QED) is 0.553. The zero-order valence-electron chi connectivity index (χ0n) is 19.5. The number of ether oxygens (including phenoxy) is 1. The summed E-state index contributed by atoms with van der Waals surface area (Å²) in [5.41, 5.74) is 5.42. The zero-order chi connectivity index (χ0) is 23.1. The summed E-state index contributed by atoms with van der Waals surface area (Å²) >= 11 is 1.64.